The van der Waals surface area contributed by atoms with Gasteiger partial charge in [-0.05, 0) is 33.7 Å². The van der Waals surface area contributed by atoms with E-state index in [2.05, 4.69) is 31.1 Å². The van der Waals surface area contributed by atoms with Crippen LogP contribution in [0.3, 0.4) is 0 Å². The second-order valence-corrected chi connectivity index (χ2v) is 14.9. The molecule has 2 aromatic rings. The molecule has 0 amide bonds. The van der Waals surface area contributed by atoms with Crippen molar-refractivity contribution in [2.45, 2.75) is 83.0 Å². The van der Waals surface area contributed by atoms with Gasteiger partial charge in [0.25, 0.3) is 0 Å². The molecule has 0 saturated carbocycles. The van der Waals surface area contributed by atoms with Crippen molar-refractivity contribution >= 4 is 17.6 Å². The topological polar surface area (TPSA) is 143 Å². The number of hydrogen-bond acceptors (Lipinski definition) is 12. The quantitative estimate of drug-likeness (QED) is 0.153. The van der Waals surface area contributed by atoms with Gasteiger partial charge in [-0.2, -0.15) is 0 Å². The fourth-order valence-corrected chi connectivity index (χ4v) is 7.40. The summed E-state index contributed by atoms with van der Waals surface area (Å²) in [4.78, 5) is 0. The second-order valence-electron chi connectivity index (χ2n) is 8.70. The van der Waals surface area contributed by atoms with Crippen molar-refractivity contribution in [2.24, 2.45) is 0 Å². The summed E-state index contributed by atoms with van der Waals surface area (Å²) in [5.74, 6) is 1.79. The predicted molar refractivity (Wildman–Crippen MR) is 139 cm³/mol. The molecule has 0 unspecified atom stereocenters. The van der Waals surface area contributed by atoms with Crippen LogP contribution in [0.1, 0.15) is 56.6 Å². The molecular weight excluding hydrogens is 516 g/mol. The van der Waals surface area contributed by atoms with Crippen LogP contribution in [-0.2, 0) is 52.5 Å². The molecule has 0 saturated heterocycles. The maximum absolute atomic E-state index is 5.48. The molecule has 0 radical (unpaired) electrons. The highest BCUT2D eigenvalue weighted by molar-refractivity contribution is 6.60. The second kappa shape index (κ2) is 17.0. The van der Waals surface area contributed by atoms with Crippen molar-refractivity contribution < 1.29 is 26.6 Å². The zero-order chi connectivity index (χ0) is 27.0. The van der Waals surface area contributed by atoms with Gasteiger partial charge in [0.2, 0.25) is 0 Å². The van der Waals surface area contributed by atoms with E-state index in [1.807, 2.05) is 9.36 Å². The van der Waals surface area contributed by atoms with Crippen molar-refractivity contribution in [3.8, 4) is 0 Å². The molecule has 0 aliphatic heterocycles. The van der Waals surface area contributed by atoms with Crippen LogP contribution in [-0.4, -0.2) is 101 Å². The van der Waals surface area contributed by atoms with Gasteiger partial charge >= 0.3 is 17.6 Å². The van der Waals surface area contributed by atoms with Gasteiger partial charge in [-0.1, -0.05) is 32.1 Å². The molecule has 0 aliphatic rings. The first-order chi connectivity index (χ1) is 18.0. The lowest BCUT2D eigenvalue weighted by Crippen LogP contribution is -2.43. The molecule has 0 N–H and O–H groups in total. The van der Waals surface area contributed by atoms with E-state index in [1.54, 1.807) is 42.7 Å². The monoisotopic (exact) mass is 560 g/mol. The van der Waals surface area contributed by atoms with Crippen LogP contribution < -0.4 is 0 Å². The van der Waals surface area contributed by atoms with E-state index >= 15 is 0 Å². The van der Waals surface area contributed by atoms with Crippen molar-refractivity contribution in [3.63, 3.8) is 0 Å². The van der Waals surface area contributed by atoms with E-state index in [-0.39, 0.29) is 0 Å². The number of hydrogen-bond donors (Lipinski definition) is 0. The number of tetrazole rings is 2. The molecule has 0 aromatic carbocycles. The molecule has 2 heterocycles. The number of rotatable bonds is 22. The van der Waals surface area contributed by atoms with E-state index in [4.69, 9.17) is 26.6 Å². The van der Waals surface area contributed by atoms with Crippen molar-refractivity contribution in [1.82, 2.24) is 40.4 Å². The summed E-state index contributed by atoms with van der Waals surface area (Å²) in [6.45, 7) is 1.22. The maximum Gasteiger partial charge on any atom is 0.502 e. The number of aromatic nitrogens is 8. The minimum Gasteiger partial charge on any atom is -0.377 e. The zero-order valence-corrected chi connectivity index (χ0v) is 25.2. The Labute approximate surface area is 222 Å². The summed E-state index contributed by atoms with van der Waals surface area (Å²) in [5, 5.41) is 24.3. The Balaban J connectivity index is 1.59. The van der Waals surface area contributed by atoms with Gasteiger partial charge in [0, 0.05) is 80.7 Å². The highest BCUT2D eigenvalue weighted by Crippen LogP contribution is 2.16. The van der Waals surface area contributed by atoms with Gasteiger partial charge < -0.3 is 26.6 Å². The van der Waals surface area contributed by atoms with Crippen LogP contribution >= 0.6 is 0 Å². The molecule has 0 atom stereocenters. The van der Waals surface area contributed by atoms with Crippen molar-refractivity contribution in [1.29, 1.82) is 0 Å². The van der Waals surface area contributed by atoms with Crippen LogP contribution in [0.4, 0.5) is 0 Å². The third kappa shape index (κ3) is 9.86. The van der Waals surface area contributed by atoms with Crippen LogP contribution in [0, 0.1) is 0 Å². The molecule has 0 aliphatic carbocycles. The third-order valence-electron chi connectivity index (χ3n) is 6.64. The van der Waals surface area contributed by atoms with E-state index in [9.17, 15) is 0 Å². The molecule has 37 heavy (non-hydrogen) atoms. The fourth-order valence-electron chi connectivity index (χ4n) is 4.20. The van der Waals surface area contributed by atoms with E-state index in [0.29, 0.717) is 25.2 Å². The minimum atomic E-state index is -2.64. The van der Waals surface area contributed by atoms with Crippen molar-refractivity contribution in [2.75, 3.05) is 42.7 Å². The highest BCUT2D eigenvalue weighted by atomic mass is 28.4. The predicted octanol–water partition coefficient (Wildman–Crippen LogP) is 1.93. The fraction of sp³-hybridized carbons (Fsp3) is 0.905. The Morgan fingerprint density at radius 3 is 1.16 bits per heavy atom. The Morgan fingerprint density at radius 1 is 0.514 bits per heavy atom. The zero-order valence-electron chi connectivity index (χ0n) is 23.2. The average Bonchev–Trinajstić information content (AvgIpc) is 3.59. The van der Waals surface area contributed by atoms with Gasteiger partial charge in [-0.25, -0.2) is 9.36 Å². The van der Waals surface area contributed by atoms with Crippen LogP contribution in [0.2, 0.25) is 12.1 Å². The van der Waals surface area contributed by atoms with Gasteiger partial charge in [-0.3, -0.25) is 0 Å². The molecule has 0 bridgehead atoms. The SMILES string of the molecule is CO[Si](CCn1nnnc1CCCCCCCCCc1nnnn1CC[Si](OC)(OC)OC)(OC)OC. The van der Waals surface area contributed by atoms with Crippen LogP contribution in [0.15, 0.2) is 0 Å². The summed E-state index contributed by atoms with van der Waals surface area (Å²) in [7, 11) is 4.41. The minimum absolute atomic E-state index is 0.612. The van der Waals surface area contributed by atoms with Crippen LogP contribution in [0.25, 0.3) is 0 Å². The standard InChI is InChI=1S/C21H44N8O6Si2/c1-30-36(31-2,32-3)18-16-28-20(22-24-26-28)14-12-10-8-7-9-11-13-15-21-23-25-27-29(21)17-19-37(33-4,34-5)35-6/h7-19H2,1-6H3. The van der Waals surface area contributed by atoms with Crippen LogP contribution in [0.5, 0.6) is 0 Å². The number of unbranched alkanes of at least 4 members (excludes halogenated alkanes) is 6. The lowest BCUT2D eigenvalue weighted by Gasteiger charge is -2.24. The molecule has 14 nitrogen and oxygen atoms in total. The normalized spacial score (nSPS) is 12.5. The molecule has 0 spiro atoms. The molecular formula is C21H44N8O6Si2. The molecule has 16 heteroatoms. The average molecular weight is 561 g/mol. The summed E-state index contributed by atoms with van der Waals surface area (Å²) in [6.07, 6.45) is 9.76. The summed E-state index contributed by atoms with van der Waals surface area (Å²) >= 11 is 0. The Morgan fingerprint density at radius 2 is 0.838 bits per heavy atom. The Hall–Kier alpha value is -1.67. The number of aryl methyl sites for hydroxylation is 4. The smallest absolute Gasteiger partial charge is 0.377 e. The lowest BCUT2D eigenvalue weighted by atomic mass is 10.1. The third-order valence-corrected chi connectivity index (χ3v) is 12.0. The first-order valence-electron chi connectivity index (χ1n) is 12.8. The van der Waals surface area contributed by atoms with E-state index in [1.165, 1.54) is 19.3 Å². The summed E-state index contributed by atoms with van der Waals surface area (Å²) in [6, 6.07) is 1.24. The van der Waals surface area contributed by atoms with Gasteiger partial charge in [0.05, 0.1) is 0 Å². The van der Waals surface area contributed by atoms with Gasteiger partial charge in [0.1, 0.15) is 0 Å². The summed E-state index contributed by atoms with van der Waals surface area (Å²) in [5.41, 5.74) is 0. The maximum atomic E-state index is 5.48. The lowest BCUT2D eigenvalue weighted by molar-refractivity contribution is 0.121. The van der Waals surface area contributed by atoms with E-state index in [0.717, 1.165) is 50.2 Å². The van der Waals surface area contributed by atoms with Gasteiger partial charge in [-0.15, -0.1) is 10.2 Å². The van der Waals surface area contributed by atoms with E-state index < -0.39 is 17.6 Å². The molecule has 2 aromatic heterocycles. The Kier molecular flexibility index (Phi) is 14.5. The molecule has 0 fully saturated rings. The largest absolute Gasteiger partial charge is 0.502 e. The van der Waals surface area contributed by atoms with Gasteiger partial charge in [0.15, 0.2) is 11.6 Å². The molecule has 212 valence electrons. The first-order valence-corrected chi connectivity index (χ1v) is 16.7. The number of nitrogens with zero attached hydrogens (tertiary/aromatic N) is 8. The first kappa shape index (κ1) is 31.6. The van der Waals surface area contributed by atoms with Crippen molar-refractivity contribution in [3.05, 3.63) is 11.6 Å². The summed E-state index contributed by atoms with van der Waals surface area (Å²) < 4.78 is 36.5. The molecule has 2 rings (SSSR count). The highest BCUT2D eigenvalue weighted by Gasteiger charge is 2.38. The Bertz CT molecular complexity index is 781.